The van der Waals surface area contributed by atoms with Crippen LogP contribution in [0.3, 0.4) is 0 Å². The van der Waals surface area contributed by atoms with Crippen molar-refractivity contribution in [3.63, 3.8) is 0 Å². The monoisotopic (exact) mass is 488 g/mol. The zero-order chi connectivity index (χ0) is 24.6. The Hall–Kier alpha value is -3.99. The number of rotatable bonds is 5. The minimum atomic E-state index is -4.57. The molecular weight excluding hydrogens is 470 g/mol. The van der Waals surface area contributed by atoms with Crippen LogP contribution in [0, 0.1) is 11.6 Å². The molecule has 0 atom stereocenters. The van der Waals surface area contributed by atoms with E-state index in [2.05, 4.69) is 0 Å². The van der Waals surface area contributed by atoms with E-state index in [0.717, 1.165) is 17.0 Å². The Labute approximate surface area is 194 Å². The fourth-order valence-electron chi connectivity index (χ4n) is 3.65. The van der Waals surface area contributed by atoms with Crippen molar-refractivity contribution < 1.29 is 36.3 Å². The number of anilines is 2. The molecule has 176 valence electrons. The fourth-order valence-corrected chi connectivity index (χ4v) is 5.24. The smallest absolute Gasteiger partial charge is 0.343 e. The van der Waals surface area contributed by atoms with Crippen molar-refractivity contribution >= 4 is 33.4 Å². The number of halogens is 2. The number of esters is 1. The standard InChI is InChI=1S/C23H18F2N2O6S/c1-32-16-8-9-17(22(28)33-2)14(11-16)13-26-19-5-3-4-6-21(19)34(30,31)27(23(26)29)20-12-15(24)7-10-18(20)25/h3-12H,13H2,1-2H3. The van der Waals surface area contributed by atoms with E-state index in [1.165, 1.54) is 56.7 Å². The van der Waals surface area contributed by atoms with Crippen molar-refractivity contribution in [2.24, 2.45) is 0 Å². The van der Waals surface area contributed by atoms with Crippen molar-refractivity contribution in [3.05, 3.63) is 83.4 Å². The van der Waals surface area contributed by atoms with E-state index in [1.807, 2.05) is 0 Å². The molecule has 3 aromatic carbocycles. The molecule has 1 aliphatic heterocycles. The quantitative estimate of drug-likeness (QED) is 0.502. The highest BCUT2D eigenvalue weighted by Gasteiger charge is 2.44. The first kappa shape index (κ1) is 23.2. The van der Waals surface area contributed by atoms with Gasteiger partial charge < -0.3 is 9.47 Å². The molecule has 0 bridgehead atoms. The van der Waals surface area contributed by atoms with Crippen LogP contribution in [0.25, 0.3) is 0 Å². The first-order chi connectivity index (χ1) is 16.2. The second kappa shape index (κ2) is 8.75. The van der Waals surface area contributed by atoms with Crippen molar-refractivity contribution in [3.8, 4) is 5.75 Å². The number of fused-ring (bicyclic) bond motifs is 1. The van der Waals surface area contributed by atoms with Crippen LogP contribution < -0.4 is 13.9 Å². The van der Waals surface area contributed by atoms with Crippen LogP contribution in [0.4, 0.5) is 25.0 Å². The van der Waals surface area contributed by atoms with Gasteiger partial charge in [-0.15, -0.1) is 0 Å². The summed E-state index contributed by atoms with van der Waals surface area (Å²) in [5.74, 6) is -2.34. The Morgan fingerprint density at radius 1 is 0.971 bits per heavy atom. The van der Waals surface area contributed by atoms with Gasteiger partial charge in [0.05, 0.1) is 32.0 Å². The number of para-hydroxylation sites is 1. The zero-order valence-corrected chi connectivity index (χ0v) is 18.8. The van der Waals surface area contributed by atoms with Crippen molar-refractivity contribution in [1.82, 2.24) is 0 Å². The van der Waals surface area contributed by atoms with Crippen LogP contribution in [-0.4, -0.2) is 34.6 Å². The summed E-state index contributed by atoms with van der Waals surface area (Å²) in [7, 11) is -1.97. The van der Waals surface area contributed by atoms with Crippen LogP contribution in [-0.2, 0) is 21.3 Å². The van der Waals surface area contributed by atoms with E-state index in [9.17, 15) is 26.8 Å². The van der Waals surface area contributed by atoms with E-state index < -0.39 is 39.3 Å². The topological polar surface area (TPSA) is 93.2 Å². The summed E-state index contributed by atoms with van der Waals surface area (Å²) >= 11 is 0. The molecule has 1 aliphatic rings. The second-order valence-electron chi connectivity index (χ2n) is 7.22. The first-order valence-electron chi connectivity index (χ1n) is 9.85. The van der Waals surface area contributed by atoms with Gasteiger partial charge in [0.15, 0.2) is 0 Å². The van der Waals surface area contributed by atoms with Crippen LogP contribution in [0.5, 0.6) is 5.75 Å². The van der Waals surface area contributed by atoms with Gasteiger partial charge in [0.25, 0.3) is 10.0 Å². The third-order valence-corrected chi connectivity index (χ3v) is 6.99. The lowest BCUT2D eigenvalue weighted by Gasteiger charge is -2.36. The maximum atomic E-state index is 14.6. The number of benzene rings is 3. The minimum Gasteiger partial charge on any atom is -0.497 e. The van der Waals surface area contributed by atoms with E-state index in [0.29, 0.717) is 11.8 Å². The number of hydrogen-bond donors (Lipinski definition) is 0. The summed E-state index contributed by atoms with van der Waals surface area (Å²) in [5, 5.41) is 0. The molecule has 0 radical (unpaired) electrons. The molecule has 0 unspecified atom stereocenters. The number of carbonyl (C=O) groups is 2. The van der Waals surface area contributed by atoms with Gasteiger partial charge >= 0.3 is 12.0 Å². The number of ether oxygens (including phenoxy) is 2. The number of nitrogens with zero attached hydrogens (tertiary/aromatic N) is 2. The second-order valence-corrected chi connectivity index (χ2v) is 8.97. The molecule has 0 aliphatic carbocycles. The predicted molar refractivity (Wildman–Crippen MR) is 118 cm³/mol. The molecule has 0 N–H and O–H groups in total. The molecule has 2 amide bonds. The van der Waals surface area contributed by atoms with Crippen molar-refractivity contribution in [2.75, 3.05) is 23.4 Å². The fraction of sp³-hybridized carbons (Fsp3) is 0.130. The largest absolute Gasteiger partial charge is 0.497 e. The number of sulfonamides is 1. The molecule has 8 nitrogen and oxygen atoms in total. The SMILES string of the molecule is COC(=O)c1ccc(OC)cc1CN1C(=O)N(c2cc(F)ccc2F)S(=O)(=O)c2ccccc21. The highest BCUT2D eigenvalue weighted by Crippen LogP contribution is 2.39. The molecule has 0 aromatic heterocycles. The lowest BCUT2D eigenvalue weighted by Crippen LogP contribution is -2.51. The average molecular weight is 488 g/mol. The molecule has 0 saturated carbocycles. The number of methoxy groups -OCH3 is 2. The zero-order valence-electron chi connectivity index (χ0n) is 18.0. The Balaban J connectivity index is 1.91. The average Bonchev–Trinajstić information content (AvgIpc) is 2.83. The number of amides is 2. The Morgan fingerprint density at radius 3 is 2.41 bits per heavy atom. The summed E-state index contributed by atoms with van der Waals surface area (Å²) in [6.07, 6.45) is 0. The van der Waals surface area contributed by atoms with E-state index in [4.69, 9.17) is 9.47 Å². The first-order valence-corrected chi connectivity index (χ1v) is 11.3. The molecule has 3 aromatic rings. The third-order valence-electron chi connectivity index (χ3n) is 5.25. The normalized spacial score (nSPS) is 14.5. The van der Waals surface area contributed by atoms with Gasteiger partial charge in [-0.25, -0.2) is 26.8 Å². The van der Waals surface area contributed by atoms with Crippen molar-refractivity contribution in [2.45, 2.75) is 11.4 Å². The summed E-state index contributed by atoms with van der Waals surface area (Å²) in [6.45, 7) is -0.291. The molecule has 0 fully saturated rings. The number of urea groups is 1. The van der Waals surface area contributed by atoms with E-state index in [-0.39, 0.29) is 32.6 Å². The predicted octanol–water partition coefficient (Wildman–Crippen LogP) is 4.10. The molecule has 1 heterocycles. The van der Waals surface area contributed by atoms with Gasteiger partial charge in [-0.2, -0.15) is 4.31 Å². The highest BCUT2D eigenvalue weighted by molar-refractivity contribution is 7.94. The lowest BCUT2D eigenvalue weighted by atomic mass is 10.1. The van der Waals surface area contributed by atoms with Gasteiger partial charge in [-0.05, 0) is 48.0 Å². The van der Waals surface area contributed by atoms with Crippen LogP contribution in [0.15, 0.2) is 65.6 Å². The number of hydrogen-bond acceptors (Lipinski definition) is 6. The maximum absolute atomic E-state index is 14.6. The molecule has 4 rings (SSSR count). The summed E-state index contributed by atoms with van der Waals surface area (Å²) in [6, 6.07) is 11.1. The maximum Gasteiger partial charge on any atom is 0.343 e. The molecule has 0 spiro atoms. The highest BCUT2D eigenvalue weighted by atomic mass is 32.2. The third kappa shape index (κ3) is 3.83. The van der Waals surface area contributed by atoms with Crippen molar-refractivity contribution in [1.29, 1.82) is 0 Å². The summed E-state index contributed by atoms with van der Waals surface area (Å²) < 4.78 is 65.3. The minimum absolute atomic E-state index is 0.0131. The summed E-state index contributed by atoms with van der Waals surface area (Å²) in [4.78, 5) is 26.6. The van der Waals surface area contributed by atoms with Gasteiger partial charge in [0.1, 0.15) is 28.0 Å². The molecule has 0 saturated heterocycles. The van der Waals surface area contributed by atoms with Gasteiger partial charge in [0, 0.05) is 6.07 Å². The van der Waals surface area contributed by atoms with Crippen LogP contribution >= 0.6 is 0 Å². The number of carbonyl (C=O) groups excluding carboxylic acids is 2. The molecular formula is C23H18F2N2O6S. The van der Waals surface area contributed by atoms with Crippen LogP contribution in [0.2, 0.25) is 0 Å². The Kier molecular flexibility index (Phi) is 5.96. The lowest BCUT2D eigenvalue weighted by molar-refractivity contribution is 0.0599. The van der Waals surface area contributed by atoms with Gasteiger partial charge in [0.2, 0.25) is 0 Å². The molecule has 11 heteroatoms. The van der Waals surface area contributed by atoms with Gasteiger partial charge in [-0.1, -0.05) is 12.1 Å². The summed E-state index contributed by atoms with van der Waals surface area (Å²) in [5.41, 5.74) is -0.346. The Morgan fingerprint density at radius 2 is 1.71 bits per heavy atom. The molecule has 34 heavy (non-hydrogen) atoms. The van der Waals surface area contributed by atoms with Gasteiger partial charge in [-0.3, -0.25) is 4.90 Å². The van der Waals surface area contributed by atoms with Crippen LogP contribution in [0.1, 0.15) is 15.9 Å². The van der Waals surface area contributed by atoms with E-state index in [1.54, 1.807) is 0 Å². The van der Waals surface area contributed by atoms with E-state index >= 15 is 0 Å². The Bertz CT molecular complexity index is 1410.